The van der Waals surface area contributed by atoms with Crippen molar-refractivity contribution in [1.29, 1.82) is 0 Å². The molecule has 1 fully saturated rings. The Balaban J connectivity index is 1.53. The summed E-state index contributed by atoms with van der Waals surface area (Å²) in [5, 5.41) is 0.667. The Labute approximate surface area is 152 Å². The average Bonchev–Trinajstić information content (AvgIpc) is 2.64. The van der Waals surface area contributed by atoms with E-state index in [9.17, 15) is 9.18 Å². The monoisotopic (exact) mass is 361 g/mol. The number of piperazine rings is 1. The molecular weight excluding hydrogens is 341 g/mol. The number of benzene rings is 2. The zero-order valence-electron chi connectivity index (χ0n) is 13.9. The minimum absolute atomic E-state index is 0.0336. The number of amides is 1. The predicted octanol–water partition coefficient (Wildman–Crippen LogP) is 2.70. The lowest BCUT2D eigenvalue weighted by atomic mass is 10.1. The van der Waals surface area contributed by atoms with Crippen molar-refractivity contribution in [2.75, 3.05) is 31.1 Å². The molecule has 6 heteroatoms. The van der Waals surface area contributed by atoms with Crippen molar-refractivity contribution < 1.29 is 9.18 Å². The highest BCUT2D eigenvalue weighted by atomic mass is 35.5. The fraction of sp³-hybridized carbons (Fsp3) is 0.316. The van der Waals surface area contributed by atoms with Crippen LogP contribution < -0.4 is 10.6 Å². The van der Waals surface area contributed by atoms with Gasteiger partial charge in [0.25, 0.3) is 0 Å². The molecule has 25 heavy (non-hydrogen) atoms. The zero-order valence-corrected chi connectivity index (χ0v) is 14.6. The van der Waals surface area contributed by atoms with E-state index in [0.717, 1.165) is 11.3 Å². The third-order valence-corrected chi connectivity index (χ3v) is 4.72. The molecule has 2 N–H and O–H groups in total. The Kier molecular flexibility index (Phi) is 5.56. The summed E-state index contributed by atoms with van der Waals surface area (Å²) in [5.41, 5.74) is 8.07. The molecule has 1 aliphatic heterocycles. The molecule has 1 amide bonds. The molecule has 2 aromatic rings. The van der Waals surface area contributed by atoms with Crippen molar-refractivity contribution in [3.63, 3.8) is 0 Å². The molecule has 3 rings (SSSR count). The van der Waals surface area contributed by atoms with Crippen molar-refractivity contribution in [3.8, 4) is 0 Å². The molecule has 0 saturated carbocycles. The Morgan fingerprint density at radius 2 is 1.64 bits per heavy atom. The molecule has 1 atom stereocenters. The highest BCUT2D eigenvalue weighted by Gasteiger charge is 2.25. The van der Waals surface area contributed by atoms with E-state index in [4.69, 9.17) is 17.3 Å². The first-order chi connectivity index (χ1) is 12.0. The second-order valence-electron chi connectivity index (χ2n) is 6.23. The third kappa shape index (κ3) is 4.50. The van der Waals surface area contributed by atoms with Gasteiger partial charge < -0.3 is 15.5 Å². The summed E-state index contributed by atoms with van der Waals surface area (Å²) in [6.45, 7) is 2.66. The van der Waals surface area contributed by atoms with Gasteiger partial charge in [0.2, 0.25) is 5.91 Å². The van der Waals surface area contributed by atoms with Gasteiger partial charge in [0.15, 0.2) is 0 Å². The van der Waals surface area contributed by atoms with Crippen molar-refractivity contribution >= 4 is 23.2 Å². The molecular formula is C19H21ClFN3O. The maximum atomic E-state index is 13.0. The van der Waals surface area contributed by atoms with Crippen LogP contribution in [0.15, 0.2) is 48.5 Å². The molecule has 1 aliphatic rings. The van der Waals surface area contributed by atoms with Gasteiger partial charge in [0.1, 0.15) is 5.82 Å². The molecule has 132 valence electrons. The van der Waals surface area contributed by atoms with E-state index in [2.05, 4.69) is 4.90 Å². The van der Waals surface area contributed by atoms with Crippen molar-refractivity contribution in [1.82, 2.24) is 4.90 Å². The van der Waals surface area contributed by atoms with Crippen LogP contribution >= 0.6 is 11.6 Å². The predicted molar refractivity (Wildman–Crippen MR) is 98.3 cm³/mol. The Bertz CT molecular complexity index is 712. The topological polar surface area (TPSA) is 49.6 Å². The molecule has 1 heterocycles. The summed E-state index contributed by atoms with van der Waals surface area (Å²) in [7, 11) is 0. The summed E-state index contributed by atoms with van der Waals surface area (Å²) < 4.78 is 13.0. The van der Waals surface area contributed by atoms with Crippen LogP contribution in [0.5, 0.6) is 0 Å². The van der Waals surface area contributed by atoms with Crippen molar-refractivity contribution in [3.05, 3.63) is 64.9 Å². The van der Waals surface area contributed by atoms with Crippen LogP contribution in [-0.4, -0.2) is 43.0 Å². The average molecular weight is 362 g/mol. The lowest BCUT2D eigenvalue weighted by Crippen LogP contribution is -2.53. The van der Waals surface area contributed by atoms with Gasteiger partial charge in [-0.2, -0.15) is 0 Å². The largest absolute Gasteiger partial charge is 0.368 e. The summed E-state index contributed by atoms with van der Waals surface area (Å²) in [6, 6.07) is 13.3. The zero-order chi connectivity index (χ0) is 17.8. The van der Waals surface area contributed by atoms with Crippen LogP contribution in [0.25, 0.3) is 0 Å². The van der Waals surface area contributed by atoms with Gasteiger partial charge in [-0.1, -0.05) is 23.7 Å². The van der Waals surface area contributed by atoms with Crippen LogP contribution in [-0.2, 0) is 11.2 Å². The molecule has 0 aromatic heterocycles. The number of anilines is 1. The maximum absolute atomic E-state index is 13.0. The maximum Gasteiger partial charge on any atom is 0.239 e. The highest BCUT2D eigenvalue weighted by molar-refractivity contribution is 6.30. The van der Waals surface area contributed by atoms with E-state index < -0.39 is 6.04 Å². The molecule has 0 radical (unpaired) electrons. The van der Waals surface area contributed by atoms with Crippen molar-refractivity contribution in [2.45, 2.75) is 12.5 Å². The fourth-order valence-corrected chi connectivity index (χ4v) is 3.16. The lowest BCUT2D eigenvalue weighted by molar-refractivity contribution is -0.132. The summed E-state index contributed by atoms with van der Waals surface area (Å²) >= 11 is 5.87. The van der Waals surface area contributed by atoms with Gasteiger partial charge >= 0.3 is 0 Å². The molecule has 4 nitrogen and oxygen atoms in total. The molecule has 1 saturated heterocycles. The van der Waals surface area contributed by atoms with Crippen LogP contribution in [0.1, 0.15) is 5.56 Å². The van der Waals surface area contributed by atoms with E-state index >= 15 is 0 Å². The smallest absolute Gasteiger partial charge is 0.239 e. The number of carbonyl (C=O) groups is 1. The summed E-state index contributed by atoms with van der Waals surface area (Å²) in [6.07, 6.45) is 0.494. The Morgan fingerprint density at radius 1 is 1.04 bits per heavy atom. The number of nitrogens with zero attached hydrogens (tertiary/aromatic N) is 2. The molecule has 0 aliphatic carbocycles. The van der Waals surface area contributed by atoms with Crippen LogP contribution in [0.3, 0.4) is 0 Å². The SMILES string of the molecule is NC(Cc1ccc(Cl)cc1)C(=O)N1CCN(c2ccc(F)cc2)CC1. The highest BCUT2D eigenvalue weighted by Crippen LogP contribution is 2.17. The van der Waals surface area contributed by atoms with Crippen molar-refractivity contribution in [2.24, 2.45) is 5.73 Å². The molecule has 0 bridgehead atoms. The van der Waals surface area contributed by atoms with E-state index in [1.54, 1.807) is 29.2 Å². The Hall–Kier alpha value is -2.11. The normalized spacial score (nSPS) is 16.0. The molecule has 1 unspecified atom stereocenters. The fourth-order valence-electron chi connectivity index (χ4n) is 3.03. The lowest BCUT2D eigenvalue weighted by Gasteiger charge is -2.37. The Morgan fingerprint density at radius 3 is 2.24 bits per heavy atom. The van der Waals surface area contributed by atoms with Gasteiger partial charge in [0.05, 0.1) is 6.04 Å². The van der Waals surface area contributed by atoms with Gasteiger partial charge in [-0.15, -0.1) is 0 Å². The minimum Gasteiger partial charge on any atom is -0.368 e. The minimum atomic E-state index is -0.557. The van der Waals surface area contributed by atoms with Gasteiger partial charge in [-0.25, -0.2) is 4.39 Å². The summed E-state index contributed by atoms with van der Waals surface area (Å²) in [5.74, 6) is -0.278. The second-order valence-corrected chi connectivity index (χ2v) is 6.66. The second kappa shape index (κ2) is 7.85. The molecule has 2 aromatic carbocycles. The van der Waals surface area contributed by atoms with Crippen LogP contribution in [0.4, 0.5) is 10.1 Å². The number of halogens is 2. The quantitative estimate of drug-likeness (QED) is 0.911. The number of carbonyl (C=O) groups excluding carboxylic acids is 1. The number of nitrogens with two attached hydrogens (primary N) is 1. The van der Waals surface area contributed by atoms with E-state index in [-0.39, 0.29) is 11.7 Å². The number of hydrogen-bond acceptors (Lipinski definition) is 3. The van der Waals surface area contributed by atoms with Gasteiger partial charge in [0, 0.05) is 36.9 Å². The first-order valence-corrected chi connectivity index (χ1v) is 8.70. The van der Waals surface area contributed by atoms with Gasteiger partial charge in [-0.05, 0) is 48.4 Å². The van der Waals surface area contributed by atoms with Gasteiger partial charge in [-0.3, -0.25) is 4.79 Å². The van der Waals surface area contributed by atoms with Crippen LogP contribution in [0, 0.1) is 5.82 Å². The number of rotatable bonds is 4. The first-order valence-electron chi connectivity index (χ1n) is 8.32. The summed E-state index contributed by atoms with van der Waals surface area (Å²) in [4.78, 5) is 16.5. The number of hydrogen-bond donors (Lipinski definition) is 1. The first kappa shape index (κ1) is 17.7. The molecule has 0 spiro atoms. The van der Waals surface area contributed by atoms with Crippen LogP contribution in [0.2, 0.25) is 5.02 Å². The third-order valence-electron chi connectivity index (χ3n) is 4.47. The van der Waals surface area contributed by atoms with E-state index in [1.165, 1.54) is 12.1 Å². The van der Waals surface area contributed by atoms with E-state index in [0.29, 0.717) is 37.6 Å². The standard InChI is InChI=1S/C19H21ClFN3O/c20-15-3-1-14(2-4-15)13-18(22)19(25)24-11-9-23(10-12-24)17-7-5-16(21)6-8-17/h1-8,18H,9-13,22H2. The van der Waals surface area contributed by atoms with E-state index in [1.807, 2.05) is 12.1 Å².